The van der Waals surface area contributed by atoms with Crippen LogP contribution in [-0.2, 0) is 19.1 Å². The standard InChI is InChI=1S/C35H41N3O5/c1-4-34-17-11-20-36(26-13-7-5-8-14-26)31(40)28(34)29-32(41)38(19-9-6-10-22-39)30-33(42)37(21-12-18-35(29,30)43-34)27-23-24(2)15-16-25(27)3/h5,7-8,11-18,23,28-30,39H,4,6,9-10,19-22H2,1-3H3/t28-,29+,30?,34+,35+/m1/s1. The summed E-state index contributed by atoms with van der Waals surface area (Å²) in [4.78, 5) is 49.2. The van der Waals surface area contributed by atoms with Crippen molar-refractivity contribution in [1.29, 1.82) is 0 Å². The molecule has 2 aromatic rings. The molecule has 0 saturated carbocycles. The van der Waals surface area contributed by atoms with Crippen molar-refractivity contribution in [2.75, 3.05) is 36.0 Å². The fourth-order valence-electron chi connectivity index (χ4n) is 7.64. The molecule has 3 amide bonds. The SMILES string of the molecule is CC[C@]12C=CCN(c3ccccc3)C(=O)[C@H]1[C@H]1C(=O)N(CCCCCO)C3C(=O)N(c4cc(C)ccc4C)CC=C[C@@]31O2. The molecule has 2 saturated heterocycles. The molecule has 4 heterocycles. The fourth-order valence-corrected chi connectivity index (χ4v) is 7.64. The van der Waals surface area contributed by atoms with Gasteiger partial charge in [-0.2, -0.15) is 0 Å². The lowest BCUT2D eigenvalue weighted by Crippen LogP contribution is -2.56. The number of benzene rings is 2. The van der Waals surface area contributed by atoms with E-state index in [1.807, 2.05) is 93.6 Å². The molecular weight excluding hydrogens is 542 g/mol. The van der Waals surface area contributed by atoms with Gasteiger partial charge in [0.05, 0.1) is 17.4 Å². The van der Waals surface area contributed by atoms with Gasteiger partial charge in [-0.05, 0) is 68.9 Å². The maximum Gasteiger partial charge on any atom is 0.253 e. The average Bonchev–Trinajstić information content (AvgIpc) is 3.29. The number of hydrogen-bond donors (Lipinski definition) is 1. The Morgan fingerprint density at radius 2 is 1.60 bits per heavy atom. The van der Waals surface area contributed by atoms with Gasteiger partial charge in [-0.3, -0.25) is 14.4 Å². The number of likely N-dealkylation sites (tertiary alicyclic amines) is 1. The Kier molecular flexibility index (Phi) is 7.77. The molecule has 0 radical (unpaired) electrons. The zero-order valence-corrected chi connectivity index (χ0v) is 25.2. The van der Waals surface area contributed by atoms with Gasteiger partial charge >= 0.3 is 0 Å². The Balaban J connectivity index is 1.47. The molecule has 4 aliphatic heterocycles. The summed E-state index contributed by atoms with van der Waals surface area (Å²) in [6.07, 6.45) is 10.2. The van der Waals surface area contributed by atoms with Crippen LogP contribution >= 0.6 is 0 Å². The molecule has 8 heteroatoms. The number of para-hydroxylation sites is 1. The van der Waals surface area contributed by atoms with Gasteiger partial charge in [0.1, 0.15) is 11.6 Å². The van der Waals surface area contributed by atoms with Gasteiger partial charge in [0.2, 0.25) is 11.8 Å². The third-order valence-electron chi connectivity index (χ3n) is 9.72. The Hall–Kier alpha value is -3.75. The summed E-state index contributed by atoms with van der Waals surface area (Å²) in [5, 5.41) is 9.36. The van der Waals surface area contributed by atoms with Gasteiger partial charge in [0, 0.05) is 37.6 Å². The number of nitrogens with zero attached hydrogens (tertiary/aromatic N) is 3. The maximum atomic E-state index is 14.8. The number of anilines is 2. The second-order valence-corrected chi connectivity index (χ2v) is 12.3. The van der Waals surface area contributed by atoms with Crippen LogP contribution in [0, 0.1) is 25.7 Å². The highest BCUT2D eigenvalue weighted by Crippen LogP contribution is 2.59. The summed E-state index contributed by atoms with van der Waals surface area (Å²) in [5.41, 5.74) is 1.27. The van der Waals surface area contributed by atoms with Crippen molar-refractivity contribution in [3.8, 4) is 0 Å². The van der Waals surface area contributed by atoms with Gasteiger partial charge in [0.25, 0.3) is 5.91 Å². The zero-order valence-electron chi connectivity index (χ0n) is 25.2. The van der Waals surface area contributed by atoms with E-state index in [9.17, 15) is 19.5 Å². The molecule has 2 aromatic carbocycles. The second kappa shape index (κ2) is 11.4. The Bertz CT molecular complexity index is 1470. The first-order chi connectivity index (χ1) is 20.8. The first-order valence-corrected chi connectivity index (χ1v) is 15.5. The summed E-state index contributed by atoms with van der Waals surface area (Å²) >= 11 is 0. The number of unbranched alkanes of at least 4 members (excludes halogenated alkanes) is 2. The fraction of sp³-hybridized carbons (Fsp3) is 0.457. The minimum absolute atomic E-state index is 0.0758. The number of aliphatic hydroxyl groups excluding tert-OH is 1. The van der Waals surface area contributed by atoms with Crippen molar-refractivity contribution >= 4 is 29.1 Å². The van der Waals surface area contributed by atoms with Crippen LogP contribution in [0.2, 0.25) is 0 Å². The zero-order chi connectivity index (χ0) is 30.4. The van der Waals surface area contributed by atoms with Crippen molar-refractivity contribution in [2.45, 2.75) is 63.7 Å². The molecule has 8 nitrogen and oxygen atoms in total. The number of amides is 3. The highest BCUT2D eigenvalue weighted by atomic mass is 16.5. The molecule has 226 valence electrons. The molecule has 0 bridgehead atoms. The highest BCUT2D eigenvalue weighted by molar-refractivity contribution is 6.08. The minimum Gasteiger partial charge on any atom is -0.396 e. The van der Waals surface area contributed by atoms with Crippen molar-refractivity contribution in [1.82, 2.24) is 4.90 Å². The van der Waals surface area contributed by atoms with E-state index in [2.05, 4.69) is 0 Å². The van der Waals surface area contributed by atoms with E-state index in [1.54, 1.807) is 14.7 Å². The molecule has 0 aliphatic carbocycles. The van der Waals surface area contributed by atoms with Crippen molar-refractivity contribution in [3.05, 3.63) is 84.0 Å². The number of ether oxygens (including phenoxy) is 1. The van der Waals surface area contributed by atoms with Gasteiger partial charge in [0.15, 0.2) is 0 Å². The van der Waals surface area contributed by atoms with E-state index in [0.29, 0.717) is 38.9 Å². The molecule has 4 aliphatic rings. The second-order valence-electron chi connectivity index (χ2n) is 12.3. The Morgan fingerprint density at radius 1 is 0.860 bits per heavy atom. The number of aliphatic hydroxyl groups is 1. The summed E-state index contributed by atoms with van der Waals surface area (Å²) in [5.74, 6) is -2.22. The first-order valence-electron chi connectivity index (χ1n) is 15.5. The normalized spacial score (nSPS) is 29.9. The van der Waals surface area contributed by atoms with Crippen LogP contribution in [0.3, 0.4) is 0 Å². The smallest absolute Gasteiger partial charge is 0.253 e. The number of aryl methyl sites for hydroxylation is 2. The van der Waals surface area contributed by atoms with Crippen LogP contribution in [0.5, 0.6) is 0 Å². The summed E-state index contributed by atoms with van der Waals surface area (Å²) in [6, 6.07) is 14.6. The van der Waals surface area contributed by atoms with E-state index in [-0.39, 0.29) is 24.3 Å². The van der Waals surface area contributed by atoms with Crippen molar-refractivity contribution in [2.24, 2.45) is 11.8 Å². The minimum atomic E-state index is -1.29. The van der Waals surface area contributed by atoms with E-state index in [1.165, 1.54) is 0 Å². The average molecular weight is 584 g/mol. The number of fused-ring (bicyclic) bond motifs is 2. The molecule has 1 N–H and O–H groups in total. The van der Waals surface area contributed by atoms with E-state index < -0.39 is 29.1 Å². The van der Waals surface area contributed by atoms with Crippen LogP contribution in [-0.4, -0.2) is 71.2 Å². The summed E-state index contributed by atoms with van der Waals surface area (Å²) < 4.78 is 7.10. The Labute approximate surface area is 253 Å². The topological polar surface area (TPSA) is 90.4 Å². The van der Waals surface area contributed by atoms with Gasteiger partial charge in [-0.25, -0.2) is 0 Å². The molecule has 2 fully saturated rings. The van der Waals surface area contributed by atoms with E-state index >= 15 is 0 Å². The number of rotatable bonds is 8. The van der Waals surface area contributed by atoms with Crippen LogP contribution in [0.15, 0.2) is 72.8 Å². The quantitative estimate of drug-likeness (QED) is 0.369. The lowest BCUT2D eigenvalue weighted by Gasteiger charge is -2.38. The van der Waals surface area contributed by atoms with E-state index in [4.69, 9.17) is 4.74 Å². The third kappa shape index (κ3) is 4.62. The lowest BCUT2D eigenvalue weighted by molar-refractivity contribution is -0.145. The molecule has 1 unspecified atom stereocenters. The van der Waals surface area contributed by atoms with Gasteiger partial charge < -0.3 is 24.5 Å². The van der Waals surface area contributed by atoms with Gasteiger partial charge in [-0.1, -0.05) is 61.6 Å². The third-order valence-corrected chi connectivity index (χ3v) is 9.72. The predicted octanol–water partition coefficient (Wildman–Crippen LogP) is 4.33. The highest BCUT2D eigenvalue weighted by Gasteiger charge is 2.75. The molecule has 1 spiro atoms. The van der Waals surface area contributed by atoms with Crippen molar-refractivity contribution < 1.29 is 24.2 Å². The lowest BCUT2D eigenvalue weighted by atomic mass is 9.73. The van der Waals surface area contributed by atoms with Gasteiger partial charge in [-0.15, -0.1) is 0 Å². The van der Waals surface area contributed by atoms with E-state index in [0.717, 1.165) is 28.9 Å². The molecule has 6 rings (SSSR count). The molecular formula is C35H41N3O5. The predicted molar refractivity (Wildman–Crippen MR) is 166 cm³/mol. The number of carbonyl (C=O) groups is 3. The van der Waals surface area contributed by atoms with Crippen LogP contribution in [0.25, 0.3) is 0 Å². The van der Waals surface area contributed by atoms with Crippen LogP contribution in [0.1, 0.15) is 43.7 Å². The maximum absolute atomic E-state index is 14.8. The molecule has 43 heavy (non-hydrogen) atoms. The monoisotopic (exact) mass is 583 g/mol. The first kappa shape index (κ1) is 29.3. The molecule has 5 atom stereocenters. The van der Waals surface area contributed by atoms with Crippen LogP contribution in [0.4, 0.5) is 11.4 Å². The number of hydrogen-bond acceptors (Lipinski definition) is 5. The molecule has 0 aromatic heterocycles. The summed E-state index contributed by atoms with van der Waals surface area (Å²) in [7, 11) is 0. The largest absolute Gasteiger partial charge is 0.396 e. The summed E-state index contributed by atoms with van der Waals surface area (Å²) in [6.45, 7) is 7.11. The number of carbonyl (C=O) groups excluding carboxylic acids is 3. The Morgan fingerprint density at radius 3 is 2.35 bits per heavy atom. The van der Waals surface area contributed by atoms with Crippen molar-refractivity contribution in [3.63, 3.8) is 0 Å². The van der Waals surface area contributed by atoms with Crippen LogP contribution < -0.4 is 9.80 Å².